The molecule has 0 fully saturated rings. The topological polar surface area (TPSA) is 76.0 Å². The van der Waals surface area contributed by atoms with Crippen molar-refractivity contribution in [3.8, 4) is 0 Å². The predicted octanol–water partition coefficient (Wildman–Crippen LogP) is 1.74. The zero-order valence-corrected chi connectivity index (χ0v) is 7.98. The van der Waals surface area contributed by atoms with E-state index >= 15 is 0 Å². The molecule has 0 saturated heterocycles. The number of aryl methyl sites for hydroxylation is 1. The predicted molar refractivity (Wildman–Crippen MR) is 56.0 cm³/mol. The van der Waals surface area contributed by atoms with E-state index in [9.17, 15) is 14.9 Å². The number of pyridine rings is 1. The highest BCUT2D eigenvalue weighted by molar-refractivity contribution is 5.90. The third-order valence-corrected chi connectivity index (χ3v) is 2.20. The lowest BCUT2D eigenvalue weighted by Gasteiger charge is -1.99. The minimum Gasteiger partial charge on any atom is -0.326 e. The molecule has 1 aromatic carbocycles. The van der Waals surface area contributed by atoms with Crippen molar-refractivity contribution in [2.75, 3.05) is 0 Å². The number of nitrogens with zero attached hydrogens (tertiary/aromatic N) is 1. The van der Waals surface area contributed by atoms with E-state index in [1.165, 1.54) is 12.1 Å². The summed E-state index contributed by atoms with van der Waals surface area (Å²) in [5.41, 5.74) is 0.275. The molecular weight excluding hydrogens is 196 g/mol. The van der Waals surface area contributed by atoms with E-state index in [0.717, 1.165) is 0 Å². The van der Waals surface area contributed by atoms with Crippen LogP contribution in [0.15, 0.2) is 29.1 Å². The van der Waals surface area contributed by atoms with Gasteiger partial charge >= 0.3 is 0 Å². The van der Waals surface area contributed by atoms with Gasteiger partial charge in [0.25, 0.3) is 11.2 Å². The Morgan fingerprint density at radius 1 is 1.33 bits per heavy atom. The summed E-state index contributed by atoms with van der Waals surface area (Å²) in [5.74, 6) is 0. The molecule has 0 aliphatic heterocycles. The van der Waals surface area contributed by atoms with Crippen molar-refractivity contribution in [2.24, 2.45) is 0 Å². The summed E-state index contributed by atoms with van der Waals surface area (Å²) in [4.78, 5) is 24.3. The molecule has 0 amide bonds. The fraction of sp³-hybridized carbons (Fsp3) is 0.100. The quantitative estimate of drug-likeness (QED) is 0.567. The van der Waals surface area contributed by atoms with Gasteiger partial charge in [0.15, 0.2) is 0 Å². The number of nitro groups is 1. The lowest BCUT2D eigenvalue weighted by atomic mass is 10.1. The Balaban J connectivity index is 2.97. The molecule has 2 rings (SSSR count). The number of fused-ring (bicyclic) bond motifs is 1. The Morgan fingerprint density at radius 2 is 2.07 bits per heavy atom. The van der Waals surface area contributed by atoms with Gasteiger partial charge in [-0.2, -0.15) is 0 Å². The number of aromatic amines is 1. The molecule has 0 aliphatic rings. The monoisotopic (exact) mass is 204 g/mol. The van der Waals surface area contributed by atoms with E-state index in [1.54, 1.807) is 19.1 Å². The van der Waals surface area contributed by atoms with Crippen LogP contribution in [0.25, 0.3) is 10.8 Å². The molecule has 0 bridgehead atoms. The maximum Gasteiger partial charge on any atom is 0.277 e. The molecule has 5 nitrogen and oxygen atoms in total. The summed E-state index contributed by atoms with van der Waals surface area (Å²) in [6.45, 7) is 1.69. The molecule has 0 spiro atoms. The molecule has 0 radical (unpaired) electrons. The first-order valence-electron chi connectivity index (χ1n) is 4.36. The first-order chi connectivity index (χ1) is 7.09. The maximum absolute atomic E-state index is 11.5. The first kappa shape index (κ1) is 9.39. The number of nitro benzene ring substituents is 1. The van der Waals surface area contributed by atoms with Gasteiger partial charge in [-0.25, -0.2) is 0 Å². The van der Waals surface area contributed by atoms with Crippen molar-refractivity contribution >= 4 is 16.5 Å². The molecule has 1 heterocycles. The molecule has 1 aromatic heterocycles. The van der Waals surface area contributed by atoms with Crippen LogP contribution in [0, 0.1) is 17.0 Å². The second-order valence-corrected chi connectivity index (χ2v) is 3.28. The van der Waals surface area contributed by atoms with Gasteiger partial charge in [0, 0.05) is 11.8 Å². The van der Waals surface area contributed by atoms with Gasteiger partial charge in [0.2, 0.25) is 0 Å². The molecule has 1 N–H and O–H groups in total. The van der Waals surface area contributed by atoms with Gasteiger partial charge in [0.1, 0.15) is 0 Å². The SMILES string of the molecule is Cc1cc2c([N+](=O)[O-])cccc2c(=O)[nH]1. The van der Waals surface area contributed by atoms with Crippen LogP contribution in [-0.2, 0) is 0 Å². The van der Waals surface area contributed by atoms with E-state index < -0.39 is 4.92 Å². The Morgan fingerprint density at radius 3 is 2.73 bits per heavy atom. The number of non-ortho nitro benzene ring substituents is 1. The average Bonchev–Trinajstić information content (AvgIpc) is 2.16. The molecule has 2 aromatic rings. The Bertz CT molecular complexity index is 601. The van der Waals surface area contributed by atoms with Crippen LogP contribution in [0.2, 0.25) is 0 Å². The minimum absolute atomic E-state index is 0.0401. The number of nitrogens with one attached hydrogen (secondary N) is 1. The number of benzene rings is 1. The van der Waals surface area contributed by atoms with Gasteiger partial charge in [-0.05, 0) is 19.1 Å². The molecule has 15 heavy (non-hydrogen) atoms. The van der Waals surface area contributed by atoms with Crippen LogP contribution in [0.4, 0.5) is 5.69 Å². The van der Waals surface area contributed by atoms with E-state index in [1.807, 2.05) is 0 Å². The summed E-state index contributed by atoms with van der Waals surface area (Å²) < 4.78 is 0. The highest BCUT2D eigenvalue weighted by atomic mass is 16.6. The summed E-state index contributed by atoms with van der Waals surface area (Å²) in [5, 5.41) is 11.5. The fourth-order valence-electron chi connectivity index (χ4n) is 1.56. The highest BCUT2D eigenvalue weighted by Crippen LogP contribution is 2.22. The summed E-state index contributed by atoms with van der Waals surface area (Å²) >= 11 is 0. The number of aromatic nitrogens is 1. The van der Waals surface area contributed by atoms with Crippen molar-refractivity contribution in [2.45, 2.75) is 6.92 Å². The van der Waals surface area contributed by atoms with Crippen LogP contribution in [-0.4, -0.2) is 9.91 Å². The number of hydrogen-bond donors (Lipinski definition) is 1. The van der Waals surface area contributed by atoms with E-state index in [0.29, 0.717) is 16.5 Å². The first-order valence-corrected chi connectivity index (χ1v) is 4.36. The second-order valence-electron chi connectivity index (χ2n) is 3.28. The molecular formula is C10H8N2O3. The van der Waals surface area contributed by atoms with Gasteiger partial charge < -0.3 is 4.98 Å². The molecule has 0 aliphatic carbocycles. The normalized spacial score (nSPS) is 10.5. The Labute approximate surface area is 84.5 Å². The largest absolute Gasteiger partial charge is 0.326 e. The lowest BCUT2D eigenvalue weighted by Crippen LogP contribution is -2.07. The third-order valence-electron chi connectivity index (χ3n) is 2.20. The van der Waals surface area contributed by atoms with Crippen molar-refractivity contribution in [3.63, 3.8) is 0 Å². The third kappa shape index (κ3) is 1.48. The number of hydrogen-bond acceptors (Lipinski definition) is 3. The Kier molecular flexibility index (Phi) is 2.00. The summed E-state index contributed by atoms with van der Waals surface area (Å²) in [7, 11) is 0. The summed E-state index contributed by atoms with van der Waals surface area (Å²) in [6.07, 6.45) is 0. The molecule has 0 atom stereocenters. The number of H-pyrrole nitrogens is 1. The van der Waals surface area contributed by atoms with Gasteiger partial charge in [-0.15, -0.1) is 0 Å². The smallest absolute Gasteiger partial charge is 0.277 e. The standard InChI is InChI=1S/C10H8N2O3/c1-6-5-8-7(10(13)11-6)3-2-4-9(8)12(14)15/h2-5H,1H3,(H,11,13). The van der Waals surface area contributed by atoms with Crippen molar-refractivity contribution in [1.29, 1.82) is 0 Å². The average molecular weight is 204 g/mol. The lowest BCUT2D eigenvalue weighted by molar-refractivity contribution is -0.383. The molecule has 76 valence electrons. The summed E-state index contributed by atoms with van der Waals surface area (Å²) in [6, 6.07) is 6.07. The fourth-order valence-corrected chi connectivity index (χ4v) is 1.56. The van der Waals surface area contributed by atoms with Crippen LogP contribution >= 0.6 is 0 Å². The van der Waals surface area contributed by atoms with Crippen LogP contribution in [0.3, 0.4) is 0 Å². The number of rotatable bonds is 1. The molecule has 0 saturated carbocycles. The van der Waals surface area contributed by atoms with Gasteiger partial charge in [-0.3, -0.25) is 14.9 Å². The van der Waals surface area contributed by atoms with E-state index in [2.05, 4.69) is 4.98 Å². The van der Waals surface area contributed by atoms with Crippen LogP contribution < -0.4 is 5.56 Å². The highest BCUT2D eigenvalue weighted by Gasteiger charge is 2.12. The van der Waals surface area contributed by atoms with Crippen LogP contribution in [0.5, 0.6) is 0 Å². The Hall–Kier alpha value is -2.17. The molecule has 5 heteroatoms. The zero-order chi connectivity index (χ0) is 11.0. The van der Waals surface area contributed by atoms with Gasteiger partial charge in [0.05, 0.1) is 15.7 Å². The minimum atomic E-state index is -0.485. The van der Waals surface area contributed by atoms with Crippen molar-refractivity contribution in [1.82, 2.24) is 4.98 Å². The van der Waals surface area contributed by atoms with Crippen molar-refractivity contribution < 1.29 is 4.92 Å². The van der Waals surface area contributed by atoms with Gasteiger partial charge in [-0.1, -0.05) is 6.07 Å². The van der Waals surface area contributed by atoms with Crippen LogP contribution in [0.1, 0.15) is 5.69 Å². The van der Waals surface area contributed by atoms with Crippen molar-refractivity contribution in [3.05, 3.63) is 50.4 Å². The maximum atomic E-state index is 11.5. The van der Waals surface area contributed by atoms with E-state index in [4.69, 9.17) is 0 Å². The van der Waals surface area contributed by atoms with E-state index in [-0.39, 0.29) is 11.2 Å². The second kappa shape index (κ2) is 3.20. The zero-order valence-electron chi connectivity index (χ0n) is 7.98. The molecule has 0 unspecified atom stereocenters.